The van der Waals surface area contributed by atoms with Gasteiger partial charge in [-0.25, -0.2) is 10.0 Å². The standard InChI is InChI=1S/C7H13BrN8/c1-7(8)5(11-13-9)4-15(2)16(3)6(7)12-14-10/h5-6H,4H2,1-3H3/t5-,6+,7+/m0/s1. The van der Waals surface area contributed by atoms with Gasteiger partial charge >= 0.3 is 0 Å². The predicted molar refractivity (Wildman–Crippen MR) is 63.6 cm³/mol. The fourth-order valence-corrected chi connectivity index (χ4v) is 2.35. The van der Waals surface area contributed by atoms with Crippen molar-refractivity contribution < 1.29 is 0 Å². The van der Waals surface area contributed by atoms with Crippen LogP contribution in [0.25, 0.3) is 20.9 Å². The normalized spacial score (nSPS) is 36.2. The molecule has 1 aliphatic heterocycles. The molecule has 0 spiro atoms. The maximum absolute atomic E-state index is 8.56. The lowest BCUT2D eigenvalue weighted by molar-refractivity contribution is -0.0650. The van der Waals surface area contributed by atoms with Crippen molar-refractivity contribution in [2.24, 2.45) is 10.2 Å². The molecule has 0 aromatic carbocycles. The van der Waals surface area contributed by atoms with Gasteiger partial charge in [0.25, 0.3) is 0 Å². The van der Waals surface area contributed by atoms with Crippen molar-refractivity contribution >= 4 is 15.9 Å². The van der Waals surface area contributed by atoms with Crippen LogP contribution in [0.2, 0.25) is 0 Å². The highest BCUT2D eigenvalue weighted by molar-refractivity contribution is 9.10. The quantitative estimate of drug-likeness (QED) is 0.336. The van der Waals surface area contributed by atoms with E-state index >= 15 is 0 Å². The van der Waals surface area contributed by atoms with Gasteiger partial charge in [-0.2, -0.15) is 0 Å². The van der Waals surface area contributed by atoms with E-state index in [9.17, 15) is 0 Å². The van der Waals surface area contributed by atoms with Crippen LogP contribution in [-0.4, -0.2) is 47.2 Å². The Balaban J connectivity index is 3.11. The Bertz CT molecular complexity index is 355. The lowest BCUT2D eigenvalue weighted by Crippen LogP contribution is -2.63. The molecule has 0 aliphatic carbocycles. The van der Waals surface area contributed by atoms with Crippen LogP contribution in [0.3, 0.4) is 0 Å². The number of azide groups is 2. The first-order chi connectivity index (χ1) is 7.45. The molecule has 0 unspecified atom stereocenters. The summed E-state index contributed by atoms with van der Waals surface area (Å²) in [4.78, 5) is 5.65. The van der Waals surface area contributed by atoms with Gasteiger partial charge in [0.05, 0.1) is 10.4 Å². The van der Waals surface area contributed by atoms with E-state index in [0.717, 1.165) is 0 Å². The summed E-state index contributed by atoms with van der Waals surface area (Å²) in [6.45, 7) is 2.43. The molecule has 0 aromatic heterocycles. The van der Waals surface area contributed by atoms with E-state index in [2.05, 4.69) is 36.0 Å². The molecule has 16 heavy (non-hydrogen) atoms. The van der Waals surface area contributed by atoms with Crippen LogP contribution < -0.4 is 0 Å². The summed E-state index contributed by atoms with van der Waals surface area (Å²) in [6.07, 6.45) is -0.438. The highest BCUT2D eigenvalue weighted by Crippen LogP contribution is 2.36. The molecule has 88 valence electrons. The highest BCUT2D eigenvalue weighted by Gasteiger charge is 2.46. The van der Waals surface area contributed by atoms with Crippen molar-refractivity contribution in [3.05, 3.63) is 20.9 Å². The Morgan fingerprint density at radius 3 is 2.38 bits per heavy atom. The summed E-state index contributed by atoms with van der Waals surface area (Å²) in [5.41, 5.74) is 17.1. The third kappa shape index (κ3) is 2.23. The second-order valence-corrected chi connectivity index (χ2v) is 5.57. The Kier molecular flexibility index (Phi) is 4.01. The zero-order chi connectivity index (χ0) is 12.3. The number of hydrogen-bond acceptors (Lipinski definition) is 4. The van der Waals surface area contributed by atoms with Crippen molar-refractivity contribution in [1.82, 2.24) is 10.0 Å². The first kappa shape index (κ1) is 13.1. The van der Waals surface area contributed by atoms with Crippen molar-refractivity contribution in [1.29, 1.82) is 0 Å². The number of rotatable bonds is 2. The van der Waals surface area contributed by atoms with Crippen LogP contribution in [0.4, 0.5) is 0 Å². The first-order valence-electron chi connectivity index (χ1n) is 4.66. The molecule has 1 rings (SSSR count). The molecule has 0 bridgehead atoms. The molecule has 9 heteroatoms. The van der Waals surface area contributed by atoms with Crippen LogP contribution in [0.15, 0.2) is 10.2 Å². The van der Waals surface area contributed by atoms with Gasteiger partial charge in [0.1, 0.15) is 6.17 Å². The first-order valence-corrected chi connectivity index (χ1v) is 5.45. The number of hydrazine groups is 1. The molecule has 0 aromatic rings. The molecule has 3 atom stereocenters. The summed E-state index contributed by atoms with van der Waals surface area (Å²) in [5, 5.41) is 11.2. The van der Waals surface area contributed by atoms with Gasteiger partial charge in [-0.1, -0.05) is 26.2 Å². The number of nitrogens with zero attached hydrogens (tertiary/aromatic N) is 8. The molecule has 1 saturated heterocycles. The molecule has 1 fully saturated rings. The fraction of sp³-hybridized carbons (Fsp3) is 1.00. The summed E-state index contributed by atoms with van der Waals surface area (Å²) in [5.74, 6) is 0. The SMILES string of the molecule is CN1C[C@H](N=[N+]=[N-])[C@@](C)(Br)[C@H](N=[N+]=[N-])N1C. The monoisotopic (exact) mass is 288 g/mol. The summed E-state index contributed by atoms with van der Waals surface area (Å²) in [6, 6.07) is -0.297. The van der Waals surface area contributed by atoms with E-state index in [4.69, 9.17) is 11.1 Å². The van der Waals surface area contributed by atoms with E-state index in [1.807, 2.05) is 31.0 Å². The Labute approximate surface area is 102 Å². The third-order valence-corrected chi connectivity index (χ3v) is 3.78. The van der Waals surface area contributed by atoms with Gasteiger partial charge in [0.2, 0.25) is 0 Å². The lowest BCUT2D eigenvalue weighted by Gasteiger charge is -2.49. The minimum absolute atomic E-state index is 0.297. The molecule has 0 saturated carbocycles. The van der Waals surface area contributed by atoms with Crippen LogP contribution in [-0.2, 0) is 0 Å². The van der Waals surface area contributed by atoms with Gasteiger partial charge in [-0.15, -0.1) is 0 Å². The third-order valence-electron chi connectivity index (χ3n) is 2.84. The topological polar surface area (TPSA) is 104 Å². The largest absolute Gasteiger partial charge is 0.244 e. The Morgan fingerprint density at radius 1 is 1.31 bits per heavy atom. The molecule has 0 amide bonds. The van der Waals surface area contributed by atoms with E-state index in [-0.39, 0.29) is 6.04 Å². The summed E-state index contributed by atoms with van der Waals surface area (Å²) >= 11 is 3.50. The van der Waals surface area contributed by atoms with Crippen LogP contribution in [0.1, 0.15) is 6.92 Å². The van der Waals surface area contributed by atoms with E-state index < -0.39 is 10.5 Å². The van der Waals surface area contributed by atoms with Crippen LogP contribution in [0.5, 0.6) is 0 Å². The minimum Gasteiger partial charge on any atom is -0.244 e. The molecule has 0 radical (unpaired) electrons. The fourth-order valence-electron chi connectivity index (χ4n) is 1.73. The minimum atomic E-state index is -0.577. The molecule has 1 aliphatic rings. The zero-order valence-corrected chi connectivity index (χ0v) is 10.9. The molecule has 0 N–H and O–H groups in total. The zero-order valence-electron chi connectivity index (χ0n) is 9.32. The van der Waals surface area contributed by atoms with Gasteiger partial charge in [0.15, 0.2) is 0 Å². The van der Waals surface area contributed by atoms with Crippen LogP contribution >= 0.6 is 15.9 Å². The molecule has 8 nitrogen and oxygen atoms in total. The van der Waals surface area contributed by atoms with Crippen molar-refractivity contribution in [2.45, 2.75) is 23.5 Å². The number of alkyl halides is 1. The summed E-state index contributed by atoms with van der Waals surface area (Å²) < 4.78 is -0.577. The lowest BCUT2D eigenvalue weighted by atomic mass is 9.96. The second kappa shape index (κ2) is 4.90. The van der Waals surface area contributed by atoms with E-state index in [1.165, 1.54) is 0 Å². The molecular weight excluding hydrogens is 276 g/mol. The van der Waals surface area contributed by atoms with Crippen molar-refractivity contribution in [3.8, 4) is 0 Å². The van der Waals surface area contributed by atoms with Gasteiger partial charge < -0.3 is 0 Å². The summed E-state index contributed by atoms with van der Waals surface area (Å²) in [7, 11) is 3.67. The van der Waals surface area contributed by atoms with Crippen molar-refractivity contribution in [2.75, 3.05) is 20.6 Å². The van der Waals surface area contributed by atoms with Gasteiger partial charge in [-0.05, 0) is 18.0 Å². The Hall–Kier alpha value is -0.980. The Morgan fingerprint density at radius 2 is 1.88 bits per heavy atom. The molecule has 1 heterocycles. The average Bonchev–Trinajstić information content (AvgIpc) is 2.22. The number of hydrogen-bond donors (Lipinski definition) is 0. The number of halogens is 1. The average molecular weight is 289 g/mol. The van der Waals surface area contributed by atoms with Gasteiger partial charge in [-0.3, -0.25) is 0 Å². The maximum atomic E-state index is 8.56. The van der Waals surface area contributed by atoms with E-state index in [0.29, 0.717) is 6.54 Å². The second-order valence-electron chi connectivity index (χ2n) is 3.86. The van der Waals surface area contributed by atoms with Crippen LogP contribution in [0, 0.1) is 0 Å². The predicted octanol–water partition coefficient (Wildman–Crippen LogP) is 2.25. The maximum Gasteiger partial charge on any atom is 0.118 e. The highest BCUT2D eigenvalue weighted by atomic mass is 79.9. The van der Waals surface area contributed by atoms with Crippen molar-refractivity contribution in [3.63, 3.8) is 0 Å². The van der Waals surface area contributed by atoms with Gasteiger partial charge in [0, 0.05) is 30.5 Å². The number of likely N-dealkylation sites (N-methyl/N-ethyl adjacent to an activating group) is 1. The smallest absolute Gasteiger partial charge is 0.118 e. The van der Waals surface area contributed by atoms with E-state index in [1.54, 1.807) is 0 Å². The molecular formula is C7H13BrN8.